The predicted octanol–water partition coefficient (Wildman–Crippen LogP) is 3.76. The minimum absolute atomic E-state index is 0.0556. The van der Waals surface area contributed by atoms with Crippen LogP contribution in [0, 0.1) is 11.6 Å². The van der Waals surface area contributed by atoms with Crippen LogP contribution in [-0.4, -0.2) is 58.6 Å². The second-order valence-corrected chi connectivity index (χ2v) is 7.61. The van der Waals surface area contributed by atoms with Crippen LogP contribution in [0.1, 0.15) is 11.5 Å². The molecule has 1 aliphatic heterocycles. The minimum Gasteiger partial charge on any atom is -0.481 e. The number of ether oxygens (including phenoxy) is 1. The number of amides is 1. The Balaban J connectivity index is 1.28. The summed E-state index contributed by atoms with van der Waals surface area (Å²) in [6.45, 7) is 1.61. The summed E-state index contributed by atoms with van der Waals surface area (Å²) in [4.78, 5) is 20.0. The molecule has 0 aliphatic carbocycles. The number of carbonyl (C=O) groups excluding carboxylic acids is 1. The Morgan fingerprint density at radius 3 is 2.53 bits per heavy atom. The maximum absolute atomic E-state index is 13.6. The summed E-state index contributed by atoms with van der Waals surface area (Å²) in [6, 6.07) is 7.50. The molecule has 2 heterocycles. The highest BCUT2D eigenvalue weighted by Crippen LogP contribution is 2.31. The van der Waals surface area contributed by atoms with Crippen LogP contribution >= 0.6 is 0 Å². The molecule has 0 saturated carbocycles. The number of hydrogen-bond acceptors (Lipinski definition) is 6. The van der Waals surface area contributed by atoms with E-state index in [2.05, 4.69) is 10.1 Å². The molecule has 1 aliphatic rings. The Morgan fingerprint density at radius 1 is 1.06 bits per heavy atom. The fraction of sp³-hybridized carbons (Fsp3) is 0.318. The summed E-state index contributed by atoms with van der Waals surface area (Å²) < 4.78 is 75.6. The Labute approximate surface area is 190 Å². The number of benzene rings is 2. The van der Waals surface area contributed by atoms with Crippen molar-refractivity contribution in [3.8, 4) is 17.1 Å². The van der Waals surface area contributed by atoms with Crippen molar-refractivity contribution >= 4 is 5.91 Å². The lowest BCUT2D eigenvalue weighted by Crippen LogP contribution is -2.49. The first-order chi connectivity index (χ1) is 16.2. The van der Waals surface area contributed by atoms with E-state index >= 15 is 0 Å². The van der Waals surface area contributed by atoms with E-state index in [4.69, 9.17) is 9.26 Å². The van der Waals surface area contributed by atoms with Gasteiger partial charge in [0.05, 0.1) is 12.1 Å². The van der Waals surface area contributed by atoms with Crippen molar-refractivity contribution in [2.75, 3.05) is 32.8 Å². The number of halogens is 5. The van der Waals surface area contributed by atoms with Crippen LogP contribution in [-0.2, 0) is 17.5 Å². The van der Waals surface area contributed by atoms with Crippen LogP contribution in [0.2, 0.25) is 0 Å². The average Bonchev–Trinajstić information content (AvgIpc) is 3.27. The molecule has 12 heteroatoms. The fourth-order valence-electron chi connectivity index (χ4n) is 3.44. The summed E-state index contributed by atoms with van der Waals surface area (Å²) in [6.07, 6.45) is -4.47. The molecule has 0 radical (unpaired) electrons. The molecule has 0 N–H and O–H groups in total. The SMILES string of the molecule is O=C(COc1ccc(F)cc1F)N1CCN(Cc2nc(-c3cccc(C(F)(F)F)c3)no2)CC1. The molecule has 2 aromatic carbocycles. The van der Waals surface area contributed by atoms with Crippen LogP contribution in [0.4, 0.5) is 22.0 Å². The molecule has 1 aromatic heterocycles. The summed E-state index contributed by atoms with van der Waals surface area (Å²) in [5.41, 5.74) is -0.610. The molecule has 34 heavy (non-hydrogen) atoms. The van der Waals surface area contributed by atoms with Gasteiger partial charge in [-0.1, -0.05) is 17.3 Å². The zero-order valence-electron chi connectivity index (χ0n) is 17.7. The largest absolute Gasteiger partial charge is 0.481 e. The van der Waals surface area contributed by atoms with Gasteiger partial charge >= 0.3 is 6.18 Å². The van der Waals surface area contributed by atoms with Gasteiger partial charge in [0, 0.05) is 37.8 Å². The van der Waals surface area contributed by atoms with Crippen molar-refractivity contribution in [2.45, 2.75) is 12.7 Å². The molecule has 0 bridgehead atoms. The van der Waals surface area contributed by atoms with Gasteiger partial charge in [0.1, 0.15) is 5.82 Å². The highest BCUT2D eigenvalue weighted by molar-refractivity contribution is 5.77. The Bertz CT molecular complexity index is 1160. The second-order valence-electron chi connectivity index (χ2n) is 7.61. The molecule has 0 unspecified atom stereocenters. The predicted molar refractivity (Wildman–Crippen MR) is 108 cm³/mol. The number of carbonyl (C=O) groups is 1. The van der Waals surface area contributed by atoms with Crippen LogP contribution in [0.25, 0.3) is 11.4 Å². The third kappa shape index (κ3) is 5.68. The first kappa shape index (κ1) is 23.6. The van der Waals surface area contributed by atoms with Crippen molar-refractivity contribution in [3.05, 3.63) is 65.6 Å². The van der Waals surface area contributed by atoms with Crippen molar-refractivity contribution in [1.82, 2.24) is 19.9 Å². The zero-order chi connectivity index (χ0) is 24.3. The van der Waals surface area contributed by atoms with Crippen molar-refractivity contribution in [2.24, 2.45) is 0 Å². The average molecular weight is 482 g/mol. The van der Waals surface area contributed by atoms with E-state index in [1.807, 2.05) is 4.90 Å². The molecule has 1 fully saturated rings. The quantitative estimate of drug-likeness (QED) is 0.499. The number of rotatable bonds is 6. The number of aromatic nitrogens is 2. The number of alkyl halides is 3. The van der Waals surface area contributed by atoms with Crippen LogP contribution in [0.15, 0.2) is 47.0 Å². The van der Waals surface area contributed by atoms with Crippen molar-refractivity contribution < 1.29 is 36.0 Å². The smallest absolute Gasteiger partial charge is 0.416 e. The lowest BCUT2D eigenvalue weighted by Gasteiger charge is -2.33. The zero-order valence-corrected chi connectivity index (χ0v) is 17.7. The summed E-state index contributed by atoms with van der Waals surface area (Å²) in [7, 11) is 0. The normalized spacial score (nSPS) is 14.9. The van der Waals surface area contributed by atoms with Gasteiger partial charge < -0.3 is 14.2 Å². The first-order valence-electron chi connectivity index (χ1n) is 10.3. The van der Waals surface area contributed by atoms with Gasteiger partial charge in [-0.05, 0) is 24.3 Å². The molecule has 7 nitrogen and oxygen atoms in total. The van der Waals surface area contributed by atoms with Crippen LogP contribution in [0.5, 0.6) is 5.75 Å². The minimum atomic E-state index is -4.47. The van der Waals surface area contributed by atoms with E-state index in [1.54, 1.807) is 4.90 Å². The summed E-state index contributed by atoms with van der Waals surface area (Å²) in [5, 5.41) is 3.77. The molecule has 1 amide bonds. The fourth-order valence-corrected chi connectivity index (χ4v) is 3.44. The maximum atomic E-state index is 13.6. The van der Waals surface area contributed by atoms with Crippen LogP contribution in [0.3, 0.4) is 0 Å². The van der Waals surface area contributed by atoms with E-state index in [-0.39, 0.29) is 42.1 Å². The molecular formula is C22H19F5N4O3. The van der Waals surface area contributed by atoms with Gasteiger partial charge in [0.2, 0.25) is 11.7 Å². The number of piperazine rings is 1. The summed E-state index contributed by atoms with van der Waals surface area (Å²) in [5.74, 6) is -1.88. The highest BCUT2D eigenvalue weighted by atomic mass is 19.4. The second kappa shape index (κ2) is 9.75. The van der Waals surface area contributed by atoms with Gasteiger partial charge in [-0.25, -0.2) is 8.78 Å². The molecule has 3 aromatic rings. The van der Waals surface area contributed by atoms with Gasteiger partial charge in [-0.15, -0.1) is 0 Å². The molecule has 1 saturated heterocycles. The highest BCUT2D eigenvalue weighted by Gasteiger charge is 2.31. The number of nitrogens with zero attached hydrogens (tertiary/aromatic N) is 4. The monoisotopic (exact) mass is 482 g/mol. The Morgan fingerprint density at radius 2 is 1.82 bits per heavy atom. The lowest BCUT2D eigenvalue weighted by molar-refractivity contribution is -0.137. The molecule has 180 valence electrons. The maximum Gasteiger partial charge on any atom is 0.416 e. The molecule has 4 rings (SSSR count). The van der Waals surface area contributed by atoms with Gasteiger partial charge in [-0.3, -0.25) is 9.69 Å². The molecular weight excluding hydrogens is 463 g/mol. The summed E-state index contributed by atoms with van der Waals surface area (Å²) >= 11 is 0. The van der Waals surface area contributed by atoms with Gasteiger partial charge in [-0.2, -0.15) is 18.2 Å². The van der Waals surface area contributed by atoms with Crippen molar-refractivity contribution in [3.63, 3.8) is 0 Å². The van der Waals surface area contributed by atoms with E-state index in [0.29, 0.717) is 32.2 Å². The van der Waals surface area contributed by atoms with Crippen LogP contribution < -0.4 is 4.74 Å². The van der Waals surface area contributed by atoms with E-state index in [1.165, 1.54) is 12.1 Å². The third-order valence-corrected chi connectivity index (χ3v) is 5.25. The topological polar surface area (TPSA) is 71.7 Å². The number of hydrogen-bond donors (Lipinski definition) is 0. The molecule has 0 spiro atoms. The third-order valence-electron chi connectivity index (χ3n) is 5.25. The van der Waals surface area contributed by atoms with Gasteiger partial charge in [0.15, 0.2) is 18.2 Å². The Hall–Kier alpha value is -3.54. The van der Waals surface area contributed by atoms with Gasteiger partial charge in [0.25, 0.3) is 5.91 Å². The van der Waals surface area contributed by atoms with E-state index < -0.39 is 23.4 Å². The Kier molecular flexibility index (Phi) is 6.77. The lowest BCUT2D eigenvalue weighted by atomic mass is 10.1. The standard InChI is InChI=1S/C22H19F5N4O3/c23-16-4-5-18(17(24)11-16)33-13-20(32)31-8-6-30(7-9-31)12-19-28-21(29-34-19)14-2-1-3-15(10-14)22(25,26)27/h1-5,10-11H,6-9,12-13H2. The first-order valence-corrected chi connectivity index (χ1v) is 10.3. The van der Waals surface area contributed by atoms with Crippen molar-refractivity contribution in [1.29, 1.82) is 0 Å². The molecule has 0 atom stereocenters. The van der Waals surface area contributed by atoms with E-state index in [9.17, 15) is 26.7 Å². The van der Waals surface area contributed by atoms with E-state index in [0.717, 1.165) is 24.3 Å².